The zero-order valence-electron chi connectivity index (χ0n) is 10.5. The Kier molecular flexibility index (Phi) is 3.19. The smallest absolute Gasteiger partial charge is 0.329 e. The van der Waals surface area contributed by atoms with Gasteiger partial charge in [0.25, 0.3) is 0 Å². The summed E-state index contributed by atoms with van der Waals surface area (Å²) in [6, 6.07) is 19.3. The molecule has 3 heteroatoms. The number of anilines is 1. The van der Waals surface area contributed by atoms with E-state index >= 15 is 0 Å². The molecule has 0 amide bonds. The Balaban J connectivity index is 1.71. The van der Waals surface area contributed by atoms with Crippen LogP contribution in [0.2, 0.25) is 0 Å². The molecule has 1 aliphatic heterocycles. The normalized spacial score (nSPS) is 22.0. The molecule has 1 heterocycles. The predicted octanol–water partition coefficient (Wildman–Crippen LogP) is 3.16. The van der Waals surface area contributed by atoms with E-state index in [1.54, 1.807) is 0 Å². The second-order valence-corrected chi connectivity index (χ2v) is 4.63. The Bertz CT molecular complexity index is 553. The molecule has 0 spiro atoms. The van der Waals surface area contributed by atoms with Crippen molar-refractivity contribution in [3.8, 4) is 0 Å². The number of carbonyl (C=O) groups is 1. The van der Waals surface area contributed by atoms with Crippen molar-refractivity contribution in [1.82, 2.24) is 0 Å². The molecule has 0 aliphatic carbocycles. The highest BCUT2D eigenvalue weighted by Gasteiger charge is 2.35. The van der Waals surface area contributed by atoms with Gasteiger partial charge in [-0.2, -0.15) is 0 Å². The third kappa shape index (κ3) is 2.60. The molecule has 1 saturated heterocycles. The van der Waals surface area contributed by atoms with Crippen LogP contribution < -0.4 is 5.32 Å². The molecule has 1 N–H and O–H groups in total. The van der Waals surface area contributed by atoms with Gasteiger partial charge < -0.3 is 10.1 Å². The van der Waals surface area contributed by atoms with E-state index in [0.717, 1.165) is 11.3 Å². The molecule has 2 aromatic rings. The van der Waals surface area contributed by atoms with Crippen LogP contribution in [-0.2, 0) is 9.53 Å². The number of hydrogen-bond acceptors (Lipinski definition) is 3. The summed E-state index contributed by atoms with van der Waals surface area (Å²) in [6.07, 6.45) is 0.521. The summed E-state index contributed by atoms with van der Waals surface area (Å²) >= 11 is 0. The lowest BCUT2D eigenvalue weighted by atomic mass is 10.0. The highest BCUT2D eigenvalue weighted by atomic mass is 16.6. The van der Waals surface area contributed by atoms with E-state index in [0.29, 0.717) is 6.42 Å². The molecule has 0 unspecified atom stereocenters. The van der Waals surface area contributed by atoms with Crippen LogP contribution in [-0.4, -0.2) is 12.0 Å². The van der Waals surface area contributed by atoms with Crippen LogP contribution in [0.1, 0.15) is 18.1 Å². The van der Waals surface area contributed by atoms with Crippen molar-refractivity contribution in [3.05, 3.63) is 66.2 Å². The molecule has 96 valence electrons. The van der Waals surface area contributed by atoms with Crippen LogP contribution in [0.4, 0.5) is 5.69 Å². The van der Waals surface area contributed by atoms with E-state index in [4.69, 9.17) is 4.74 Å². The quantitative estimate of drug-likeness (QED) is 0.854. The lowest BCUT2D eigenvalue weighted by Crippen LogP contribution is -2.24. The van der Waals surface area contributed by atoms with Crippen molar-refractivity contribution in [2.45, 2.75) is 18.6 Å². The lowest BCUT2D eigenvalue weighted by Gasteiger charge is -2.10. The number of esters is 1. The number of hydrogen-bond donors (Lipinski definition) is 1. The van der Waals surface area contributed by atoms with Gasteiger partial charge in [0, 0.05) is 12.1 Å². The van der Waals surface area contributed by atoms with Gasteiger partial charge in [-0.1, -0.05) is 48.5 Å². The molecule has 19 heavy (non-hydrogen) atoms. The molecular formula is C16H15NO2. The van der Waals surface area contributed by atoms with Gasteiger partial charge in [0.05, 0.1) is 0 Å². The van der Waals surface area contributed by atoms with Gasteiger partial charge >= 0.3 is 5.97 Å². The minimum Gasteiger partial charge on any atom is -0.456 e. The molecule has 3 rings (SSSR count). The van der Waals surface area contributed by atoms with Gasteiger partial charge in [-0.05, 0) is 17.7 Å². The first-order chi connectivity index (χ1) is 9.33. The molecule has 0 radical (unpaired) electrons. The Morgan fingerprint density at radius 3 is 2.26 bits per heavy atom. The van der Waals surface area contributed by atoms with Crippen molar-refractivity contribution in [2.75, 3.05) is 5.32 Å². The molecule has 3 nitrogen and oxygen atoms in total. The summed E-state index contributed by atoms with van der Waals surface area (Å²) in [7, 11) is 0. The Hall–Kier alpha value is -2.29. The summed E-state index contributed by atoms with van der Waals surface area (Å²) in [4.78, 5) is 11.9. The Labute approximate surface area is 112 Å². The predicted molar refractivity (Wildman–Crippen MR) is 73.7 cm³/mol. The third-order valence-electron chi connectivity index (χ3n) is 3.28. The number of nitrogens with one attached hydrogen (secondary N) is 1. The average Bonchev–Trinajstić information content (AvgIpc) is 2.82. The van der Waals surface area contributed by atoms with Crippen LogP contribution in [0.5, 0.6) is 0 Å². The second kappa shape index (κ2) is 5.14. The minimum atomic E-state index is -0.271. The fraction of sp³-hybridized carbons (Fsp3) is 0.188. The Morgan fingerprint density at radius 2 is 1.58 bits per heavy atom. The molecule has 2 aromatic carbocycles. The molecule has 2 atom stereocenters. The molecule has 0 bridgehead atoms. The van der Waals surface area contributed by atoms with Crippen molar-refractivity contribution in [2.24, 2.45) is 0 Å². The first kappa shape index (κ1) is 11.8. The summed E-state index contributed by atoms with van der Waals surface area (Å²) in [6.45, 7) is 0. The molecule has 0 saturated carbocycles. The van der Waals surface area contributed by atoms with Gasteiger partial charge in [-0.3, -0.25) is 0 Å². The van der Waals surface area contributed by atoms with Gasteiger partial charge in [0.15, 0.2) is 0 Å². The SMILES string of the molecule is O=C1O[C@H](c2ccccc2)C[C@@H]1Nc1ccccc1. The number of para-hydroxylation sites is 1. The maximum atomic E-state index is 11.9. The van der Waals surface area contributed by atoms with Crippen molar-refractivity contribution in [1.29, 1.82) is 0 Å². The number of rotatable bonds is 3. The van der Waals surface area contributed by atoms with E-state index in [9.17, 15) is 4.79 Å². The lowest BCUT2D eigenvalue weighted by molar-refractivity contribution is -0.142. The first-order valence-electron chi connectivity index (χ1n) is 6.40. The van der Waals surface area contributed by atoms with Gasteiger partial charge in [-0.25, -0.2) is 4.79 Å². The fourth-order valence-corrected chi connectivity index (χ4v) is 2.31. The van der Waals surface area contributed by atoms with Crippen LogP contribution in [0, 0.1) is 0 Å². The van der Waals surface area contributed by atoms with E-state index in [1.165, 1.54) is 0 Å². The zero-order chi connectivity index (χ0) is 13.1. The van der Waals surface area contributed by atoms with Gasteiger partial charge in [0.1, 0.15) is 12.1 Å². The molecule has 1 fully saturated rings. The fourth-order valence-electron chi connectivity index (χ4n) is 2.31. The monoisotopic (exact) mass is 253 g/mol. The van der Waals surface area contributed by atoms with E-state index in [-0.39, 0.29) is 18.1 Å². The van der Waals surface area contributed by atoms with Crippen molar-refractivity contribution in [3.63, 3.8) is 0 Å². The Morgan fingerprint density at radius 1 is 0.947 bits per heavy atom. The van der Waals surface area contributed by atoms with Crippen molar-refractivity contribution >= 4 is 11.7 Å². The molecule has 0 aromatic heterocycles. The maximum Gasteiger partial charge on any atom is 0.329 e. The van der Waals surface area contributed by atoms with Gasteiger partial charge in [0.2, 0.25) is 0 Å². The zero-order valence-corrected chi connectivity index (χ0v) is 10.5. The number of benzene rings is 2. The molecular weight excluding hydrogens is 238 g/mol. The summed E-state index contributed by atoms with van der Waals surface area (Å²) < 4.78 is 5.43. The number of ether oxygens (including phenoxy) is 1. The van der Waals surface area contributed by atoms with Crippen molar-refractivity contribution < 1.29 is 9.53 Å². The third-order valence-corrected chi connectivity index (χ3v) is 3.28. The van der Waals surface area contributed by atoms with Crippen LogP contribution in [0.15, 0.2) is 60.7 Å². The van der Waals surface area contributed by atoms with E-state index in [1.807, 2.05) is 60.7 Å². The van der Waals surface area contributed by atoms with Crippen LogP contribution in [0.3, 0.4) is 0 Å². The summed E-state index contributed by atoms with van der Waals surface area (Å²) in [5.74, 6) is -0.183. The number of cyclic esters (lactones) is 1. The van der Waals surface area contributed by atoms with E-state index < -0.39 is 0 Å². The van der Waals surface area contributed by atoms with Crippen LogP contribution >= 0.6 is 0 Å². The first-order valence-corrected chi connectivity index (χ1v) is 6.40. The average molecular weight is 253 g/mol. The second-order valence-electron chi connectivity index (χ2n) is 4.63. The highest BCUT2D eigenvalue weighted by molar-refractivity contribution is 5.81. The number of carbonyl (C=O) groups excluding carboxylic acids is 1. The summed E-state index contributed by atoms with van der Waals surface area (Å²) in [5, 5.41) is 3.22. The maximum absolute atomic E-state index is 11.9. The summed E-state index contributed by atoms with van der Waals surface area (Å²) in [5.41, 5.74) is 1.99. The highest BCUT2D eigenvalue weighted by Crippen LogP contribution is 2.31. The molecule has 1 aliphatic rings. The topological polar surface area (TPSA) is 38.3 Å². The van der Waals surface area contributed by atoms with E-state index in [2.05, 4.69) is 5.32 Å². The standard InChI is InChI=1S/C16H15NO2/c18-16-14(17-13-9-5-2-6-10-13)11-15(19-16)12-7-3-1-4-8-12/h1-10,14-15,17H,11H2/t14-,15-/m0/s1. The minimum absolute atomic E-state index is 0.144. The largest absolute Gasteiger partial charge is 0.456 e. The van der Waals surface area contributed by atoms with Crippen LogP contribution in [0.25, 0.3) is 0 Å². The van der Waals surface area contributed by atoms with Gasteiger partial charge in [-0.15, -0.1) is 0 Å².